The van der Waals surface area contributed by atoms with Crippen molar-refractivity contribution in [1.29, 1.82) is 0 Å². The van der Waals surface area contributed by atoms with Gasteiger partial charge in [0.25, 0.3) is 5.91 Å². The Morgan fingerprint density at radius 3 is 2.78 bits per heavy atom. The van der Waals surface area contributed by atoms with Gasteiger partial charge in [0.1, 0.15) is 11.6 Å². The summed E-state index contributed by atoms with van der Waals surface area (Å²) in [5.41, 5.74) is 0.470. The van der Waals surface area contributed by atoms with Crippen LogP contribution < -0.4 is 10.1 Å². The van der Waals surface area contributed by atoms with Crippen molar-refractivity contribution in [1.82, 2.24) is 4.98 Å². The minimum atomic E-state index is -0.258. The maximum absolute atomic E-state index is 12.1. The molecule has 0 aliphatic carbocycles. The quantitative estimate of drug-likeness (QED) is 0.948. The highest BCUT2D eigenvalue weighted by atomic mass is 79.9. The molecule has 0 saturated heterocycles. The number of aromatic nitrogens is 1. The molecule has 1 heterocycles. The zero-order valence-electron chi connectivity index (χ0n) is 9.68. The molecule has 0 unspecified atom stereocenters. The number of hydrogen-bond donors (Lipinski definition) is 1. The molecule has 1 aromatic carbocycles. The van der Waals surface area contributed by atoms with E-state index in [4.69, 9.17) is 4.74 Å². The van der Waals surface area contributed by atoms with Crippen molar-refractivity contribution in [3.63, 3.8) is 0 Å². The molecule has 0 spiro atoms. The number of benzene rings is 1. The van der Waals surface area contributed by atoms with Crippen molar-refractivity contribution in [2.24, 2.45) is 0 Å². The average Bonchev–Trinajstić information content (AvgIpc) is 2.41. The summed E-state index contributed by atoms with van der Waals surface area (Å²) < 4.78 is 5.87. The Bertz CT molecular complexity index is 572. The minimum Gasteiger partial charge on any atom is -0.496 e. The molecular weight excluding hydrogens is 296 g/mol. The van der Waals surface area contributed by atoms with Crippen LogP contribution in [0, 0.1) is 0 Å². The van der Waals surface area contributed by atoms with Crippen molar-refractivity contribution in [3.8, 4) is 5.75 Å². The van der Waals surface area contributed by atoms with E-state index in [0.29, 0.717) is 17.1 Å². The minimum absolute atomic E-state index is 0.258. The van der Waals surface area contributed by atoms with Crippen LogP contribution in [-0.2, 0) is 0 Å². The number of pyridine rings is 1. The highest BCUT2D eigenvalue weighted by Crippen LogP contribution is 2.22. The number of carbonyl (C=O) groups excluding carboxylic acids is 1. The summed E-state index contributed by atoms with van der Waals surface area (Å²) in [5.74, 6) is 0.752. The fourth-order valence-corrected chi connectivity index (χ4v) is 1.84. The first-order valence-corrected chi connectivity index (χ1v) is 6.06. The van der Waals surface area contributed by atoms with Gasteiger partial charge in [-0.15, -0.1) is 0 Å². The Labute approximate surface area is 113 Å². The highest BCUT2D eigenvalue weighted by Gasteiger charge is 2.13. The third kappa shape index (κ3) is 2.68. The predicted molar refractivity (Wildman–Crippen MR) is 72.9 cm³/mol. The van der Waals surface area contributed by atoms with Crippen molar-refractivity contribution >= 4 is 27.7 Å². The second-order valence-electron chi connectivity index (χ2n) is 3.49. The van der Waals surface area contributed by atoms with Crippen LogP contribution in [0.2, 0.25) is 0 Å². The number of anilines is 1. The lowest BCUT2D eigenvalue weighted by atomic mass is 10.2. The Morgan fingerprint density at radius 1 is 1.28 bits per heavy atom. The van der Waals surface area contributed by atoms with Crippen LogP contribution >= 0.6 is 15.9 Å². The van der Waals surface area contributed by atoms with Crippen LogP contribution in [0.25, 0.3) is 0 Å². The van der Waals surface area contributed by atoms with E-state index in [1.54, 1.807) is 30.5 Å². The number of rotatable bonds is 3. The fourth-order valence-electron chi connectivity index (χ4n) is 1.48. The standard InChI is InChI=1S/C13H11BrN2O2/c1-18-11-7-3-2-5-9(11)13(17)16-12-10(14)6-4-8-15-12/h2-8H,1H3,(H,15,16,17). The Morgan fingerprint density at radius 2 is 2.06 bits per heavy atom. The van der Waals surface area contributed by atoms with Gasteiger partial charge in [0.05, 0.1) is 17.1 Å². The smallest absolute Gasteiger partial charge is 0.260 e. The summed E-state index contributed by atoms with van der Waals surface area (Å²) in [6.07, 6.45) is 1.61. The summed E-state index contributed by atoms with van der Waals surface area (Å²) >= 11 is 3.32. The topological polar surface area (TPSA) is 51.2 Å². The van der Waals surface area contributed by atoms with Gasteiger partial charge in [-0.1, -0.05) is 12.1 Å². The maximum Gasteiger partial charge on any atom is 0.260 e. The van der Waals surface area contributed by atoms with E-state index in [9.17, 15) is 4.79 Å². The first kappa shape index (κ1) is 12.6. The number of ether oxygens (including phenoxy) is 1. The van der Waals surface area contributed by atoms with Gasteiger partial charge >= 0.3 is 0 Å². The first-order chi connectivity index (χ1) is 8.72. The molecule has 18 heavy (non-hydrogen) atoms. The van der Waals surface area contributed by atoms with Gasteiger partial charge in [-0.05, 0) is 40.2 Å². The Hall–Kier alpha value is -1.88. The highest BCUT2D eigenvalue weighted by molar-refractivity contribution is 9.10. The van der Waals surface area contributed by atoms with E-state index in [0.717, 1.165) is 4.47 Å². The summed E-state index contributed by atoms with van der Waals surface area (Å²) in [5, 5.41) is 2.72. The molecule has 1 aromatic heterocycles. The average molecular weight is 307 g/mol. The number of hydrogen-bond acceptors (Lipinski definition) is 3. The molecule has 0 fully saturated rings. The predicted octanol–water partition coefficient (Wildman–Crippen LogP) is 3.11. The van der Waals surface area contributed by atoms with Gasteiger partial charge in [-0.3, -0.25) is 4.79 Å². The van der Waals surface area contributed by atoms with Crippen LogP contribution in [0.1, 0.15) is 10.4 Å². The van der Waals surface area contributed by atoms with Crippen LogP contribution in [0.15, 0.2) is 47.1 Å². The number of halogens is 1. The number of nitrogens with zero attached hydrogens (tertiary/aromatic N) is 1. The zero-order valence-corrected chi connectivity index (χ0v) is 11.3. The van der Waals surface area contributed by atoms with Gasteiger partial charge in [-0.2, -0.15) is 0 Å². The molecule has 1 N–H and O–H groups in total. The molecular formula is C13H11BrN2O2. The summed E-state index contributed by atoms with van der Waals surface area (Å²) in [4.78, 5) is 16.2. The molecule has 1 amide bonds. The first-order valence-electron chi connectivity index (χ1n) is 5.27. The molecule has 0 radical (unpaired) electrons. The zero-order chi connectivity index (χ0) is 13.0. The lowest BCUT2D eigenvalue weighted by molar-refractivity contribution is 0.102. The van der Waals surface area contributed by atoms with E-state index < -0.39 is 0 Å². The molecule has 0 bridgehead atoms. The number of amides is 1. The Kier molecular flexibility index (Phi) is 3.94. The van der Waals surface area contributed by atoms with E-state index >= 15 is 0 Å². The SMILES string of the molecule is COc1ccccc1C(=O)Nc1ncccc1Br. The second-order valence-corrected chi connectivity index (χ2v) is 4.34. The van der Waals surface area contributed by atoms with Gasteiger partial charge in [-0.25, -0.2) is 4.98 Å². The molecule has 2 rings (SSSR count). The third-order valence-corrected chi connectivity index (χ3v) is 2.98. The van der Waals surface area contributed by atoms with Crippen molar-refractivity contribution in [3.05, 3.63) is 52.6 Å². The van der Waals surface area contributed by atoms with Crippen LogP contribution in [0.5, 0.6) is 5.75 Å². The molecule has 0 saturated carbocycles. The lowest BCUT2D eigenvalue weighted by Gasteiger charge is -2.09. The molecule has 92 valence electrons. The lowest BCUT2D eigenvalue weighted by Crippen LogP contribution is -2.14. The molecule has 5 heteroatoms. The Balaban J connectivity index is 2.25. The summed E-state index contributed by atoms with van der Waals surface area (Å²) in [6.45, 7) is 0. The maximum atomic E-state index is 12.1. The third-order valence-electron chi connectivity index (χ3n) is 2.34. The van der Waals surface area contributed by atoms with Crippen molar-refractivity contribution < 1.29 is 9.53 Å². The van der Waals surface area contributed by atoms with Crippen LogP contribution in [0.4, 0.5) is 5.82 Å². The number of carbonyl (C=O) groups is 1. The van der Waals surface area contributed by atoms with E-state index in [1.165, 1.54) is 7.11 Å². The van der Waals surface area contributed by atoms with E-state index in [2.05, 4.69) is 26.2 Å². The van der Waals surface area contributed by atoms with E-state index in [1.807, 2.05) is 12.1 Å². The van der Waals surface area contributed by atoms with Gasteiger partial charge in [0, 0.05) is 6.20 Å². The van der Waals surface area contributed by atoms with Gasteiger partial charge in [0.15, 0.2) is 0 Å². The largest absolute Gasteiger partial charge is 0.496 e. The molecule has 4 nitrogen and oxygen atoms in total. The monoisotopic (exact) mass is 306 g/mol. The summed E-state index contributed by atoms with van der Waals surface area (Å²) in [7, 11) is 1.53. The van der Waals surface area contributed by atoms with Crippen LogP contribution in [0.3, 0.4) is 0 Å². The van der Waals surface area contributed by atoms with E-state index in [-0.39, 0.29) is 5.91 Å². The fraction of sp³-hybridized carbons (Fsp3) is 0.0769. The van der Waals surface area contributed by atoms with Gasteiger partial charge < -0.3 is 10.1 Å². The molecule has 0 aliphatic rings. The number of nitrogens with one attached hydrogen (secondary N) is 1. The number of para-hydroxylation sites is 1. The number of methoxy groups -OCH3 is 1. The normalized spacial score (nSPS) is 9.89. The molecule has 0 aliphatic heterocycles. The second kappa shape index (κ2) is 5.64. The van der Waals surface area contributed by atoms with Gasteiger partial charge in [0.2, 0.25) is 0 Å². The summed E-state index contributed by atoms with van der Waals surface area (Å²) in [6, 6.07) is 10.6. The molecule has 2 aromatic rings. The molecule has 0 atom stereocenters. The van der Waals surface area contributed by atoms with Crippen molar-refractivity contribution in [2.75, 3.05) is 12.4 Å². The van der Waals surface area contributed by atoms with Crippen molar-refractivity contribution in [2.45, 2.75) is 0 Å². The van der Waals surface area contributed by atoms with Crippen LogP contribution in [-0.4, -0.2) is 18.0 Å².